The van der Waals surface area contributed by atoms with E-state index in [0.717, 1.165) is 16.1 Å². The monoisotopic (exact) mass is 369 g/mol. The maximum atomic E-state index is 12.4. The molecule has 0 atom stereocenters. The highest BCUT2D eigenvalue weighted by atomic mass is 16.5. The van der Waals surface area contributed by atoms with Gasteiger partial charge in [0, 0.05) is 12.6 Å². The van der Waals surface area contributed by atoms with E-state index in [1.165, 1.54) is 13.3 Å². The Morgan fingerprint density at radius 1 is 1.26 bits per heavy atom. The molecule has 3 rings (SSSR count). The summed E-state index contributed by atoms with van der Waals surface area (Å²) in [7, 11) is 1.29. The maximum absolute atomic E-state index is 12.4. The molecule has 0 spiro atoms. The third-order valence-corrected chi connectivity index (χ3v) is 3.78. The van der Waals surface area contributed by atoms with E-state index in [1.54, 1.807) is 24.3 Å². The van der Waals surface area contributed by atoms with Gasteiger partial charge in [-0.25, -0.2) is 19.1 Å². The molecule has 2 heterocycles. The normalized spacial score (nSPS) is 10.6. The number of nitrogens with one attached hydrogen (secondary N) is 1. The predicted molar refractivity (Wildman–Crippen MR) is 93.3 cm³/mol. The van der Waals surface area contributed by atoms with Gasteiger partial charge in [-0.15, -0.1) is 0 Å². The van der Waals surface area contributed by atoms with Crippen molar-refractivity contribution in [1.82, 2.24) is 19.9 Å². The fraction of sp³-hybridized carbons (Fsp3) is 0.118. The van der Waals surface area contributed by atoms with E-state index in [1.807, 2.05) is 0 Å². The highest BCUT2D eigenvalue weighted by molar-refractivity contribution is 5.96. The van der Waals surface area contributed by atoms with Crippen LogP contribution in [0.3, 0.4) is 0 Å². The van der Waals surface area contributed by atoms with Crippen molar-refractivity contribution < 1.29 is 24.2 Å². The number of fused-ring (bicyclic) bond motifs is 1. The van der Waals surface area contributed by atoms with Crippen molar-refractivity contribution in [2.45, 2.75) is 6.54 Å². The number of aromatic nitrogens is 3. The van der Waals surface area contributed by atoms with Gasteiger partial charge >= 0.3 is 11.9 Å². The summed E-state index contributed by atoms with van der Waals surface area (Å²) < 4.78 is 5.67. The summed E-state index contributed by atoms with van der Waals surface area (Å²) >= 11 is 0. The van der Waals surface area contributed by atoms with Gasteiger partial charge in [0.15, 0.2) is 11.3 Å². The SMILES string of the molecule is COC(=O)c1ccc(CNC(=O)c2cc(C(=O)O)n3ncc(N)c3n2)cc1. The molecule has 0 radical (unpaired) electrons. The average Bonchev–Trinajstić information content (AvgIpc) is 3.06. The lowest BCUT2D eigenvalue weighted by atomic mass is 10.1. The van der Waals surface area contributed by atoms with E-state index in [0.29, 0.717) is 5.56 Å². The van der Waals surface area contributed by atoms with Gasteiger partial charge in [-0.3, -0.25) is 4.79 Å². The van der Waals surface area contributed by atoms with Gasteiger partial charge in [0.05, 0.1) is 24.6 Å². The first-order chi connectivity index (χ1) is 12.9. The summed E-state index contributed by atoms with van der Waals surface area (Å²) in [5.74, 6) is -2.29. The molecular weight excluding hydrogens is 354 g/mol. The van der Waals surface area contributed by atoms with E-state index < -0.39 is 17.8 Å². The molecule has 1 aromatic carbocycles. The van der Waals surface area contributed by atoms with Gasteiger partial charge in [-0.2, -0.15) is 5.10 Å². The Morgan fingerprint density at radius 2 is 1.96 bits per heavy atom. The Balaban J connectivity index is 1.79. The minimum Gasteiger partial charge on any atom is -0.477 e. The Hall–Kier alpha value is -3.95. The van der Waals surface area contributed by atoms with Crippen LogP contribution in [0.4, 0.5) is 5.69 Å². The molecule has 10 nitrogen and oxygen atoms in total. The second kappa shape index (κ2) is 7.12. The molecule has 0 fully saturated rings. The number of methoxy groups -OCH3 is 1. The molecule has 1 amide bonds. The Labute approximate surface area is 152 Å². The molecule has 0 saturated heterocycles. The van der Waals surface area contributed by atoms with E-state index in [4.69, 9.17) is 5.73 Å². The molecule has 0 bridgehead atoms. The van der Waals surface area contributed by atoms with Crippen LogP contribution in [0, 0.1) is 0 Å². The van der Waals surface area contributed by atoms with E-state index in [9.17, 15) is 19.5 Å². The maximum Gasteiger partial charge on any atom is 0.354 e. The molecule has 0 saturated carbocycles. The molecular formula is C17H15N5O5. The summed E-state index contributed by atoms with van der Waals surface area (Å²) in [4.78, 5) is 39.3. The van der Waals surface area contributed by atoms with Crippen molar-refractivity contribution in [2.24, 2.45) is 0 Å². The number of benzene rings is 1. The molecule has 2 aromatic heterocycles. The molecule has 3 aromatic rings. The molecule has 10 heteroatoms. The Kier molecular flexibility index (Phi) is 4.71. The third kappa shape index (κ3) is 3.54. The highest BCUT2D eigenvalue weighted by Gasteiger charge is 2.18. The van der Waals surface area contributed by atoms with Crippen molar-refractivity contribution in [2.75, 3.05) is 12.8 Å². The summed E-state index contributed by atoms with van der Waals surface area (Å²) in [6, 6.07) is 7.61. The molecule has 0 unspecified atom stereocenters. The number of esters is 1. The lowest BCUT2D eigenvalue weighted by Crippen LogP contribution is -2.25. The van der Waals surface area contributed by atoms with Crippen LogP contribution in [0.1, 0.15) is 36.9 Å². The number of hydrogen-bond acceptors (Lipinski definition) is 7. The quantitative estimate of drug-likeness (QED) is 0.557. The first-order valence-electron chi connectivity index (χ1n) is 7.73. The zero-order chi connectivity index (χ0) is 19.6. The van der Waals surface area contributed by atoms with Crippen molar-refractivity contribution in [3.05, 3.63) is 59.0 Å². The fourth-order valence-electron chi connectivity index (χ4n) is 2.40. The molecule has 0 aliphatic rings. The molecule has 0 aliphatic heterocycles. The number of rotatable bonds is 5. The second-order valence-corrected chi connectivity index (χ2v) is 5.54. The summed E-state index contributed by atoms with van der Waals surface area (Å²) in [6.45, 7) is 0.157. The fourth-order valence-corrected chi connectivity index (χ4v) is 2.40. The molecule has 138 valence electrons. The van der Waals surface area contributed by atoms with Crippen molar-refractivity contribution in [1.29, 1.82) is 0 Å². The van der Waals surface area contributed by atoms with Crippen molar-refractivity contribution in [3.8, 4) is 0 Å². The van der Waals surface area contributed by atoms with E-state index >= 15 is 0 Å². The number of carbonyl (C=O) groups is 3. The average molecular weight is 369 g/mol. The highest BCUT2D eigenvalue weighted by Crippen LogP contribution is 2.14. The largest absolute Gasteiger partial charge is 0.477 e. The van der Waals surface area contributed by atoms with Gasteiger partial charge < -0.3 is 20.9 Å². The minimum atomic E-state index is -1.27. The number of carboxylic acids is 1. The first kappa shape index (κ1) is 17.9. The standard InChI is InChI=1S/C17H15N5O5/c1-27-17(26)10-4-2-9(3-5-10)7-19-15(23)12-6-13(16(24)25)22-14(21-12)11(18)8-20-22/h2-6,8H,7,18H2,1H3,(H,19,23)(H,24,25). The number of amides is 1. The van der Waals surface area contributed by atoms with E-state index in [-0.39, 0.29) is 29.3 Å². The van der Waals surface area contributed by atoms with Gasteiger partial charge in [0.25, 0.3) is 5.91 Å². The zero-order valence-electron chi connectivity index (χ0n) is 14.2. The van der Waals surface area contributed by atoms with Gasteiger partial charge in [-0.05, 0) is 17.7 Å². The predicted octanol–water partition coefficient (Wildman–Crippen LogP) is 0.726. The molecule has 0 aliphatic carbocycles. The van der Waals surface area contributed by atoms with Crippen LogP contribution in [-0.4, -0.2) is 44.7 Å². The van der Waals surface area contributed by atoms with Crippen molar-refractivity contribution >= 4 is 29.2 Å². The van der Waals surface area contributed by atoms with Crippen LogP contribution >= 0.6 is 0 Å². The van der Waals surface area contributed by atoms with Gasteiger partial charge in [-0.1, -0.05) is 12.1 Å². The Morgan fingerprint density at radius 3 is 2.59 bits per heavy atom. The number of aromatic carboxylic acids is 1. The number of hydrogen-bond donors (Lipinski definition) is 3. The van der Waals surface area contributed by atoms with Crippen LogP contribution in [-0.2, 0) is 11.3 Å². The number of nitrogen functional groups attached to an aromatic ring is 1. The third-order valence-electron chi connectivity index (χ3n) is 3.78. The van der Waals surface area contributed by atoms with Crippen LogP contribution in [0.2, 0.25) is 0 Å². The summed E-state index contributed by atoms with van der Waals surface area (Å²) in [5, 5.41) is 15.8. The lowest BCUT2D eigenvalue weighted by molar-refractivity contribution is 0.0599. The van der Waals surface area contributed by atoms with Crippen LogP contribution in [0.5, 0.6) is 0 Å². The lowest BCUT2D eigenvalue weighted by Gasteiger charge is -2.08. The minimum absolute atomic E-state index is 0.0856. The topological polar surface area (TPSA) is 149 Å². The number of carboxylic acid groups (broad SMARTS) is 1. The van der Waals surface area contributed by atoms with Gasteiger partial charge in [0.1, 0.15) is 5.69 Å². The van der Waals surface area contributed by atoms with E-state index in [2.05, 4.69) is 20.1 Å². The number of carbonyl (C=O) groups excluding carboxylic acids is 2. The van der Waals surface area contributed by atoms with Crippen LogP contribution < -0.4 is 11.1 Å². The smallest absolute Gasteiger partial charge is 0.354 e. The van der Waals surface area contributed by atoms with Gasteiger partial charge in [0.2, 0.25) is 0 Å². The zero-order valence-corrected chi connectivity index (χ0v) is 14.2. The number of nitrogens with two attached hydrogens (primary N) is 1. The molecule has 4 N–H and O–H groups in total. The number of anilines is 1. The Bertz CT molecular complexity index is 1040. The first-order valence-corrected chi connectivity index (χ1v) is 7.73. The number of ether oxygens (including phenoxy) is 1. The molecule has 27 heavy (non-hydrogen) atoms. The second-order valence-electron chi connectivity index (χ2n) is 5.54. The summed E-state index contributed by atoms with van der Waals surface area (Å²) in [5.41, 5.74) is 6.76. The summed E-state index contributed by atoms with van der Waals surface area (Å²) in [6.07, 6.45) is 1.26. The number of nitrogens with zero attached hydrogens (tertiary/aromatic N) is 3. The van der Waals surface area contributed by atoms with Crippen LogP contribution in [0.25, 0.3) is 5.65 Å². The van der Waals surface area contributed by atoms with Crippen LogP contribution in [0.15, 0.2) is 36.5 Å². The van der Waals surface area contributed by atoms with Crippen molar-refractivity contribution in [3.63, 3.8) is 0 Å².